The zero-order valence-corrected chi connectivity index (χ0v) is 4.01. The Morgan fingerprint density at radius 3 is 2.60 bits per heavy atom. The molecule has 1 heteroatoms. The van der Waals surface area contributed by atoms with Crippen molar-refractivity contribution < 1.29 is 0 Å². The van der Waals surface area contributed by atoms with Gasteiger partial charge in [-0.05, 0) is 11.8 Å². The molecule has 0 aliphatic carbocycles. The summed E-state index contributed by atoms with van der Waals surface area (Å²) in [5, 5.41) is 0. The fourth-order valence-corrected chi connectivity index (χ4v) is 0.625. The highest BCUT2D eigenvalue weighted by Crippen LogP contribution is 2.34. The van der Waals surface area contributed by atoms with Crippen molar-refractivity contribution in [1.29, 1.82) is 0 Å². The first kappa shape index (κ1) is 3.29. The minimum atomic E-state index is 1.29. The monoisotopic (exact) mass is 86.0 g/mol. The minimum absolute atomic E-state index is 1.29. The second-order valence-corrected chi connectivity index (χ2v) is 2.15. The van der Waals surface area contributed by atoms with Crippen molar-refractivity contribution in [2.75, 3.05) is 5.75 Å². The van der Waals surface area contributed by atoms with Crippen LogP contribution in [-0.2, 0) is 0 Å². The maximum atomic E-state index is 2.16. The van der Waals surface area contributed by atoms with Gasteiger partial charge in [0.05, 0.1) is 0 Å². The van der Waals surface area contributed by atoms with Gasteiger partial charge in [0.25, 0.3) is 0 Å². The van der Waals surface area contributed by atoms with E-state index in [9.17, 15) is 0 Å². The molecule has 5 heavy (non-hydrogen) atoms. The third kappa shape index (κ3) is 0.690. The molecule has 0 saturated carbocycles. The van der Waals surface area contributed by atoms with Crippen molar-refractivity contribution in [2.24, 2.45) is 0 Å². The SMILES string of the molecule is CC=C1CS1. The first-order valence-electron chi connectivity index (χ1n) is 1.71. The van der Waals surface area contributed by atoms with Gasteiger partial charge in [0.1, 0.15) is 0 Å². The van der Waals surface area contributed by atoms with Crippen molar-refractivity contribution in [1.82, 2.24) is 0 Å². The van der Waals surface area contributed by atoms with Gasteiger partial charge in [0.15, 0.2) is 0 Å². The quantitative estimate of drug-likeness (QED) is 0.404. The Labute approximate surface area is 36.3 Å². The van der Waals surface area contributed by atoms with Crippen LogP contribution < -0.4 is 0 Å². The fourth-order valence-electron chi connectivity index (χ4n) is 0.208. The van der Waals surface area contributed by atoms with Crippen LogP contribution in [0, 0.1) is 0 Å². The summed E-state index contributed by atoms with van der Waals surface area (Å²) in [6.07, 6.45) is 2.16. The highest BCUT2D eigenvalue weighted by molar-refractivity contribution is 8.11. The molecule has 0 aromatic carbocycles. The zero-order chi connectivity index (χ0) is 3.70. The number of hydrogen-bond acceptors (Lipinski definition) is 1. The lowest BCUT2D eigenvalue weighted by atomic mass is 10.6. The van der Waals surface area contributed by atoms with Crippen LogP contribution in [0.15, 0.2) is 11.0 Å². The summed E-state index contributed by atoms with van der Waals surface area (Å²) in [7, 11) is 0. The van der Waals surface area contributed by atoms with Crippen LogP contribution >= 0.6 is 11.8 Å². The second-order valence-electron chi connectivity index (χ2n) is 1.04. The summed E-state index contributed by atoms with van der Waals surface area (Å²) < 4.78 is 0. The van der Waals surface area contributed by atoms with Gasteiger partial charge in [0.2, 0.25) is 0 Å². The molecular formula is C4H6S. The lowest BCUT2D eigenvalue weighted by Crippen LogP contribution is -1.34. The van der Waals surface area contributed by atoms with Crippen LogP contribution in [-0.4, -0.2) is 5.75 Å². The molecule has 0 nitrogen and oxygen atoms in total. The van der Waals surface area contributed by atoms with Crippen LogP contribution in [0.1, 0.15) is 6.92 Å². The first-order chi connectivity index (χ1) is 2.43. The van der Waals surface area contributed by atoms with E-state index in [2.05, 4.69) is 13.0 Å². The van der Waals surface area contributed by atoms with Crippen molar-refractivity contribution in [3.05, 3.63) is 11.0 Å². The van der Waals surface area contributed by atoms with Gasteiger partial charge in [-0.3, -0.25) is 0 Å². The molecule has 0 amide bonds. The third-order valence-corrected chi connectivity index (χ3v) is 1.49. The van der Waals surface area contributed by atoms with E-state index in [1.54, 1.807) is 4.91 Å². The Hall–Kier alpha value is 0.0900. The van der Waals surface area contributed by atoms with Gasteiger partial charge >= 0.3 is 0 Å². The van der Waals surface area contributed by atoms with Crippen molar-refractivity contribution in [3.63, 3.8) is 0 Å². The summed E-state index contributed by atoms with van der Waals surface area (Å²) in [5.41, 5.74) is 0. The minimum Gasteiger partial charge on any atom is -0.125 e. The molecule has 0 unspecified atom stereocenters. The van der Waals surface area contributed by atoms with E-state index in [4.69, 9.17) is 0 Å². The van der Waals surface area contributed by atoms with Crippen LogP contribution in [0.2, 0.25) is 0 Å². The van der Waals surface area contributed by atoms with Crippen molar-refractivity contribution in [2.45, 2.75) is 6.92 Å². The van der Waals surface area contributed by atoms with Gasteiger partial charge in [-0.15, -0.1) is 11.8 Å². The summed E-state index contributed by atoms with van der Waals surface area (Å²) in [4.78, 5) is 1.55. The lowest BCUT2D eigenvalue weighted by Gasteiger charge is -1.50. The average molecular weight is 86.2 g/mol. The Bertz CT molecular complexity index is 58.0. The maximum Gasteiger partial charge on any atom is 0.0285 e. The molecule has 1 fully saturated rings. The molecule has 1 saturated heterocycles. The molecule has 1 aliphatic heterocycles. The summed E-state index contributed by atoms with van der Waals surface area (Å²) in [6, 6.07) is 0. The Kier molecular flexibility index (Phi) is 0.692. The van der Waals surface area contributed by atoms with Gasteiger partial charge in [0, 0.05) is 5.75 Å². The van der Waals surface area contributed by atoms with Crippen LogP contribution in [0.3, 0.4) is 0 Å². The average Bonchev–Trinajstić information content (AvgIpc) is 2.12. The normalized spacial score (nSPS) is 27.8. The molecule has 0 aromatic rings. The molecule has 0 spiro atoms. The predicted octanol–water partition coefficient (Wildman–Crippen LogP) is 1.64. The van der Waals surface area contributed by atoms with Gasteiger partial charge in [-0.25, -0.2) is 0 Å². The number of thioether (sulfide) groups is 1. The maximum absolute atomic E-state index is 2.16. The summed E-state index contributed by atoms with van der Waals surface area (Å²) in [6.45, 7) is 2.08. The molecule has 1 rings (SSSR count). The molecule has 0 bridgehead atoms. The third-order valence-electron chi connectivity index (χ3n) is 0.633. The van der Waals surface area contributed by atoms with Gasteiger partial charge in [-0.2, -0.15) is 0 Å². The second kappa shape index (κ2) is 1.05. The summed E-state index contributed by atoms with van der Waals surface area (Å²) in [5.74, 6) is 1.29. The summed E-state index contributed by atoms with van der Waals surface area (Å²) >= 11 is 1.93. The number of allylic oxidation sites excluding steroid dienone is 1. The van der Waals surface area contributed by atoms with E-state index in [-0.39, 0.29) is 0 Å². The number of hydrogen-bond donors (Lipinski definition) is 0. The van der Waals surface area contributed by atoms with Gasteiger partial charge < -0.3 is 0 Å². The van der Waals surface area contributed by atoms with Crippen LogP contribution in [0.5, 0.6) is 0 Å². The fraction of sp³-hybridized carbons (Fsp3) is 0.500. The van der Waals surface area contributed by atoms with Crippen molar-refractivity contribution in [3.8, 4) is 0 Å². The predicted molar refractivity (Wildman–Crippen MR) is 26.2 cm³/mol. The van der Waals surface area contributed by atoms with Crippen molar-refractivity contribution >= 4 is 11.8 Å². The van der Waals surface area contributed by atoms with E-state index >= 15 is 0 Å². The highest BCUT2D eigenvalue weighted by atomic mass is 32.2. The molecule has 0 atom stereocenters. The lowest BCUT2D eigenvalue weighted by molar-refractivity contribution is 1.70. The Balaban J connectivity index is 2.46. The number of rotatable bonds is 0. The molecule has 1 aliphatic rings. The molecule has 0 aromatic heterocycles. The van der Waals surface area contributed by atoms with E-state index in [0.29, 0.717) is 0 Å². The molecule has 28 valence electrons. The molecule has 1 heterocycles. The van der Waals surface area contributed by atoms with E-state index < -0.39 is 0 Å². The van der Waals surface area contributed by atoms with E-state index in [0.717, 1.165) is 0 Å². The van der Waals surface area contributed by atoms with Crippen LogP contribution in [0.25, 0.3) is 0 Å². The van der Waals surface area contributed by atoms with Gasteiger partial charge in [-0.1, -0.05) is 6.08 Å². The highest BCUT2D eigenvalue weighted by Gasteiger charge is 2.08. The van der Waals surface area contributed by atoms with E-state index in [1.807, 2.05) is 11.8 Å². The molecule has 0 N–H and O–H groups in total. The molecular weight excluding hydrogens is 80.1 g/mol. The Morgan fingerprint density at radius 1 is 2.00 bits per heavy atom. The molecule has 0 radical (unpaired) electrons. The standard InChI is InChI=1S/C4H6S/c1-2-4-3-5-4/h2H,3H2,1H3. The topological polar surface area (TPSA) is 0 Å². The zero-order valence-electron chi connectivity index (χ0n) is 3.19. The largest absolute Gasteiger partial charge is 0.125 e. The smallest absolute Gasteiger partial charge is 0.0285 e. The van der Waals surface area contributed by atoms with E-state index in [1.165, 1.54) is 5.75 Å². The Morgan fingerprint density at radius 2 is 2.60 bits per heavy atom. The first-order valence-corrected chi connectivity index (χ1v) is 2.70. The van der Waals surface area contributed by atoms with Crippen LogP contribution in [0.4, 0.5) is 0 Å².